The Balaban J connectivity index is 1.78. The molecule has 3 aromatic rings. The Bertz CT molecular complexity index is 1260. The number of hydrogen-bond donors (Lipinski definition) is 3. The van der Waals surface area contributed by atoms with Crippen LogP contribution in [0.2, 0.25) is 0 Å². The van der Waals surface area contributed by atoms with Gasteiger partial charge in [-0.25, -0.2) is 8.42 Å². The Morgan fingerprint density at radius 3 is 2.55 bits per heavy atom. The molecule has 7 nitrogen and oxygen atoms in total. The first kappa shape index (κ1) is 24.9. The maximum absolute atomic E-state index is 13.2. The second kappa shape index (κ2) is 10.9. The number of sulfonamides is 1. The molecule has 9 heteroatoms. The van der Waals surface area contributed by atoms with E-state index in [1.165, 1.54) is 0 Å². The first-order valence-electron chi connectivity index (χ1n) is 11.0. The summed E-state index contributed by atoms with van der Waals surface area (Å²) in [5, 5.41) is 8.54. The molecule has 176 valence electrons. The Labute approximate surface area is 201 Å². The topological polar surface area (TPSA) is 89.6 Å². The van der Waals surface area contributed by atoms with Crippen molar-refractivity contribution in [3.8, 4) is 0 Å². The summed E-state index contributed by atoms with van der Waals surface area (Å²) in [4.78, 5) is 3.45. The number of hydrazone groups is 1. The predicted molar refractivity (Wildman–Crippen MR) is 141 cm³/mol. The average molecular weight is 486 g/mol. The van der Waals surface area contributed by atoms with Crippen molar-refractivity contribution in [3.05, 3.63) is 59.3 Å². The van der Waals surface area contributed by atoms with Gasteiger partial charge in [-0.1, -0.05) is 26.0 Å². The molecule has 1 aromatic heterocycles. The number of aromatic nitrogens is 1. The fraction of sp³-hybridized carbons (Fsp3) is 0.333. The first-order valence-corrected chi connectivity index (χ1v) is 12.9. The zero-order valence-electron chi connectivity index (χ0n) is 19.5. The molecule has 3 rings (SSSR count). The number of H-pyrrole nitrogens is 1. The highest BCUT2D eigenvalue weighted by Gasteiger charge is 2.23. The summed E-state index contributed by atoms with van der Waals surface area (Å²) in [7, 11) is -3.56. The molecule has 0 fully saturated rings. The lowest BCUT2D eigenvalue weighted by atomic mass is 10.1. The Hall–Kier alpha value is -2.75. The third kappa shape index (κ3) is 5.98. The zero-order chi connectivity index (χ0) is 24.0. The normalized spacial score (nSPS) is 12.0. The number of aromatic amines is 1. The lowest BCUT2D eigenvalue weighted by molar-refractivity contribution is 0.410. The fourth-order valence-electron chi connectivity index (χ4n) is 3.57. The van der Waals surface area contributed by atoms with Crippen molar-refractivity contribution in [1.82, 2.24) is 14.7 Å². The standard InChI is InChI=1S/C24H31N5O2S2/c1-5-11-29(12-6-2)33(30,31)20-9-10-22-21(14-20)19(15-25-22)16-26-28-24(32)27-23-13-17(3)7-8-18(23)4/h7-10,13-16,25H,5-6,11-12H2,1-4H3,(H2,27,28,32)/b26-16-. The number of aryl methyl sites for hydroxylation is 2. The van der Waals surface area contributed by atoms with E-state index in [0.717, 1.165) is 46.1 Å². The molecule has 0 atom stereocenters. The van der Waals surface area contributed by atoms with Gasteiger partial charge < -0.3 is 10.3 Å². The predicted octanol–water partition coefficient (Wildman–Crippen LogP) is 4.92. The van der Waals surface area contributed by atoms with Crippen molar-refractivity contribution < 1.29 is 8.42 Å². The summed E-state index contributed by atoms with van der Waals surface area (Å²) in [5.74, 6) is 0. The second-order valence-electron chi connectivity index (χ2n) is 8.00. The molecule has 0 aliphatic carbocycles. The van der Waals surface area contributed by atoms with Crippen molar-refractivity contribution in [1.29, 1.82) is 0 Å². The minimum Gasteiger partial charge on any atom is -0.361 e. The van der Waals surface area contributed by atoms with E-state index in [4.69, 9.17) is 12.2 Å². The summed E-state index contributed by atoms with van der Waals surface area (Å²) >= 11 is 5.35. The smallest absolute Gasteiger partial charge is 0.243 e. The minimum absolute atomic E-state index is 0.284. The van der Waals surface area contributed by atoms with Crippen molar-refractivity contribution >= 4 is 50.2 Å². The summed E-state index contributed by atoms with van der Waals surface area (Å²) in [6.07, 6.45) is 4.96. The van der Waals surface area contributed by atoms with E-state index in [1.807, 2.05) is 45.9 Å². The first-order chi connectivity index (χ1) is 15.8. The number of nitrogens with one attached hydrogen (secondary N) is 3. The molecule has 0 radical (unpaired) electrons. The van der Waals surface area contributed by atoms with Gasteiger partial charge in [0, 0.05) is 41.4 Å². The number of benzene rings is 2. The number of anilines is 1. The SMILES string of the molecule is CCCN(CCC)S(=O)(=O)c1ccc2[nH]cc(/C=N\NC(=S)Nc3cc(C)ccc3C)c2c1. The van der Waals surface area contributed by atoms with Crippen LogP contribution in [-0.2, 0) is 10.0 Å². The van der Waals surface area contributed by atoms with Gasteiger partial charge in [0.1, 0.15) is 0 Å². The van der Waals surface area contributed by atoms with Gasteiger partial charge in [-0.15, -0.1) is 0 Å². The van der Waals surface area contributed by atoms with Gasteiger partial charge in [0.25, 0.3) is 0 Å². The number of hydrogen-bond acceptors (Lipinski definition) is 4. The van der Waals surface area contributed by atoms with Crippen LogP contribution in [-0.4, -0.2) is 42.1 Å². The monoisotopic (exact) mass is 485 g/mol. The quantitative estimate of drug-likeness (QED) is 0.227. The molecule has 2 aromatic carbocycles. The molecule has 0 amide bonds. The number of thiocarbonyl (C=S) groups is 1. The van der Waals surface area contributed by atoms with E-state index in [0.29, 0.717) is 18.2 Å². The summed E-state index contributed by atoms with van der Waals surface area (Å²) < 4.78 is 27.9. The molecule has 0 unspecified atom stereocenters. The van der Waals surface area contributed by atoms with E-state index in [9.17, 15) is 8.42 Å². The Kier molecular flexibility index (Phi) is 8.23. The van der Waals surface area contributed by atoms with Crippen LogP contribution in [0, 0.1) is 13.8 Å². The van der Waals surface area contributed by atoms with Gasteiger partial charge >= 0.3 is 0 Å². The highest BCUT2D eigenvalue weighted by Crippen LogP contribution is 2.24. The lowest BCUT2D eigenvalue weighted by Gasteiger charge is -2.21. The third-order valence-corrected chi connectivity index (χ3v) is 7.37. The molecule has 0 aliphatic rings. The second-order valence-corrected chi connectivity index (χ2v) is 10.3. The van der Waals surface area contributed by atoms with Gasteiger partial charge in [0.15, 0.2) is 5.11 Å². The summed E-state index contributed by atoms with van der Waals surface area (Å²) in [6.45, 7) is 9.00. The minimum atomic E-state index is -3.56. The molecule has 1 heterocycles. The van der Waals surface area contributed by atoms with Gasteiger partial charge in [-0.05, 0) is 74.3 Å². The lowest BCUT2D eigenvalue weighted by Crippen LogP contribution is -2.32. The largest absolute Gasteiger partial charge is 0.361 e. The molecular weight excluding hydrogens is 454 g/mol. The maximum atomic E-state index is 13.2. The van der Waals surface area contributed by atoms with Crippen LogP contribution in [0.15, 0.2) is 52.6 Å². The van der Waals surface area contributed by atoms with Crippen LogP contribution in [0.1, 0.15) is 43.4 Å². The number of nitrogens with zero attached hydrogens (tertiary/aromatic N) is 2. The van der Waals surface area contributed by atoms with Gasteiger partial charge in [-0.2, -0.15) is 9.41 Å². The molecule has 3 N–H and O–H groups in total. The average Bonchev–Trinajstić information content (AvgIpc) is 3.18. The van der Waals surface area contributed by atoms with E-state index in [2.05, 4.69) is 20.8 Å². The van der Waals surface area contributed by atoms with Crippen LogP contribution in [0.4, 0.5) is 5.69 Å². The van der Waals surface area contributed by atoms with Crippen molar-refractivity contribution in [2.24, 2.45) is 5.10 Å². The van der Waals surface area contributed by atoms with Crippen LogP contribution < -0.4 is 10.7 Å². The van der Waals surface area contributed by atoms with Gasteiger partial charge in [0.2, 0.25) is 10.0 Å². The van der Waals surface area contributed by atoms with Gasteiger partial charge in [0.05, 0.1) is 11.1 Å². The van der Waals surface area contributed by atoms with Crippen LogP contribution in [0.3, 0.4) is 0 Å². The molecular formula is C24H31N5O2S2. The third-order valence-electron chi connectivity index (χ3n) is 5.28. The van der Waals surface area contributed by atoms with Crippen molar-refractivity contribution in [3.63, 3.8) is 0 Å². The highest BCUT2D eigenvalue weighted by molar-refractivity contribution is 7.89. The number of rotatable bonds is 9. The van der Waals surface area contributed by atoms with Crippen LogP contribution >= 0.6 is 12.2 Å². The molecule has 0 saturated heterocycles. The molecule has 0 saturated carbocycles. The number of fused-ring (bicyclic) bond motifs is 1. The molecule has 0 spiro atoms. The van der Waals surface area contributed by atoms with Crippen LogP contribution in [0.5, 0.6) is 0 Å². The van der Waals surface area contributed by atoms with Crippen molar-refractivity contribution in [2.75, 3.05) is 18.4 Å². The molecule has 0 bridgehead atoms. The van der Waals surface area contributed by atoms with Gasteiger partial charge in [-0.3, -0.25) is 5.43 Å². The van der Waals surface area contributed by atoms with E-state index in [1.54, 1.807) is 34.9 Å². The summed E-state index contributed by atoms with van der Waals surface area (Å²) in [6, 6.07) is 11.2. The Morgan fingerprint density at radius 1 is 1.12 bits per heavy atom. The zero-order valence-corrected chi connectivity index (χ0v) is 21.1. The highest BCUT2D eigenvalue weighted by atomic mass is 32.2. The maximum Gasteiger partial charge on any atom is 0.243 e. The Morgan fingerprint density at radius 2 is 1.85 bits per heavy atom. The fourth-order valence-corrected chi connectivity index (χ4v) is 5.38. The van der Waals surface area contributed by atoms with E-state index < -0.39 is 10.0 Å². The molecule has 0 aliphatic heterocycles. The van der Waals surface area contributed by atoms with Crippen LogP contribution in [0.25, 0.3) is 10.9 Å². The van der Waals surface area contributed by atoms with Crippen molar-refractivity contribution in [2.45, 2.75) is 45.4 Å². The molecule has 33 heavy (non-hydrogen) atoms. The summed E-state index contributed by atoms with van der Waals surface area (Å²) in [5.41, 5.74) is 7.57. The van der Waals surface area contributed by atoms with E-state index >= 15 is 0 Å². The van der Waals surface area contributed by atoms with E-state index in [-0.39, 0.29) is 4.90 Å².